The standard InChI is InChI=1S/C16H25BrN2/c1-16(2,3)13-8-9-15(18-12-13)19-11-5-7-14(19)6-4-10-17/h8-9,12,14H,4-7,10-11H2,1-3H3. The second-order valence-corrected chi connectivity index (χ2v) is 7.27. The maximum Gasteiger partial charge on any atom is 0.128 e. The molecule has 2 nitrogen and oxygen atoms in total. The van der Waals surface area contributed by atoms with Crippen molar-refractivity contribution in [1.29, 1.82) is 0 Å². The van der Waals surface area contributed by atoms with Gasteiger partial charge in [0.1, 0.15) is 5.82 Å². The maximum absolute atomic E-state index is 4.70. The van der Waals surface area contributed by atoms with Gasteiger partial charge in [-0.25, -0.2) is 4.98 Å². The smallest absolute Gasteiger partial charge is 0.128 e. The molecule has 1 fully saturated rings. The summed E-state index contributed by atoms with van der Waals surface area (Å²) in [5.74, 6) is 1.16. The molecule has 3 heteroatoms. The van der Waals surface area contributed by atoms with Crippen molar-refractivity contribution in [3.8, 4) is 0 Å². The minimum atomic E-state index is 0.186. The molecule has 1 aromatic heterocycles. The molecule has 1 aromatic rings. The second-order valence-electron chi connectivity index (χ2n) is 6.48. The molecular weight excluding hydrogens is 300 g/mol. The molecule has 2 rings (SSSR count). The molecule has 0 spiro atoms. The number of halogens is 1. The van der Waals surface area contributed by atoms with Crippen LogP contribution in [0.4, 0.5) is 5.82 Å². The first kappa shape index (κ1) is 14.8. The van der Waals surface area contributed by atoms with Crippen molar-refractivity contribution >= 4 is 21.7 Å². The first-order chi connectivity index (χ1) is 9.02. The molecule has 1 unspecified atom stereocenters. The summed E-state index contributed by atoms with van der Waals surface area (Å²) in [5, 5.41) is 1.10. The fraction of sp³-hybridized carbons (Fsp3) is 0.688. The topological polar surface area (TPSA) is 16.1 Å². The fourth-order valence-electron chi connectivity index (χ4n) is 2.75. The van der Waals surface area contributed by atoms with E-state index in [1.165, 1.54) is 31.2 Å². The van der Waals surface area contributed by atoms with Gasteiger partial charge in [-0.1, -0.05) is 42.8 Å². The van der Waals surface area contributed by atoms with Crippen molar-refractivity contribution in [3.05, 3.63) is 23.9 Å². The van der Waals surface area contributed by atoms with Crippen LogP contribution in [0.5, 0.6) is 0 Å². The van der Waals surface area contributed by atoms with E-state index in [2.05, 4.69) is 59.9 Å². The summed E-state index contributed by atoms with van der Waals surface area (Å²) in [6.07, 6.45) is 7.19. The summed E-state index contributed by atoms with van der Waals surface area (Å²) in [6.45, 7) is 7.86. The lowest BCUT2D eigenvalue weighted by molar-refractivity contribution is 0.583. The van der Waals surface area contributed by atoms with Gasteiger partial charge in [-0.3, -0.25) is 0 Å². The molecule has 0 amide bonds. The van der Waals surface area contributed by atoms with Gasteiger partial charge in [0.15, 0.2) is 0 Å². The van der Waals surface area contributed by atoms with Gasteiger partial charge in [-0.2, -0.15) is 0 Å². The first-order valence-electron chi connectivity index (χ1n) is 7.31. The van der Waals surface area contributed by atoms with Gasteiger partial charge in [0.05, 0.1) is 0 Å². The number of rotatable bonds is 4. The highest BCUT2D eigenvalue weighted by Crippen LogP contribution is 2.28. The molecule has 1 aliphatic rings. The van der Waals surface area contributed by atoms with Crippen LogP contribution in [0.2, 0.25) is 0 Å². The van der Waals surface area contributed by atoms with Gasteiger partial charge in [0, 0.05) is 24.1 Å². The van der Waals surface area contributed by atoms with Gasteiger partial charge in [0.25, 0.3) is 0 Å². The highest BCUT2D eigenvalue weighted by molar-refractivity contribution is 9.09. The third-order valence-electron chi connectivity index (χ3n) is 3.96. The van der Waals surface area contributed by atoms with E-state index in [0.29, 0.717) is 6.04 Å². The molecule has 106 valence electrons. The van der Waals surface area contributed by atoms with Crippen LogP contribution in [-0.4, -0.2) is 22.9 Å². The minimum Gasteiger partial charge on any atom is -0.354 e. The van der Waals surface area contributed by atoms with Crippen molar-refractivity contribution < 1.29 is 0 Å². The molecule has 0 saturated carbocycles. The van der Waals surface area contributed by atoms with Gasteiger partial charge in [-0.15, -0.1) is 0 Å². The van der Waals surface area contributed by atoms with Crippen LogP contribution < -0.4 is 4.90 Å². The molecule has 0 aliphatic carbocycles. The van der Waals surface area contributed by atoms with E-state index in [4.69, 9.17) is 4.98 Å². The SMILES string of the molecule is CC(C)(C)c1ccc(N2CCCC2CCCBr)nc1. The Kier molecular flexibility index (Phi) is 4.88. The quantitative estimate of drug-likeness (QED) is 0.757. The molecule has 0 radical (unpaired) electrons. The molecule has 1 aliphatic heterocycles. The second kappa shape index (κ2) is 6.25. The average Bonchev–Trinajstić information content (AvgIpc) is 2.83. The number of alkyl halides is 1. The summed E-state index contributed by atoms with van der Waals surface area (Å²) in [5.41, 5.74) is 1.50. The van der Waals surface area contributed by atoms with Crippen LogP contribution in [0.3, 0.4) is 0 Å². The monoisotopic (exact) mass is 324 g/mol. The van der Waals surface area contributed by atoms with Crippen LogP contribution in [0.1, 0.15) is 52.0 Å². The molecular formula is C16H25BrN2. The van der Waals surface area contributed by atoms with Crippen LogP contribution >= 0.6 is 15.9 Å². The zero-order chi connectivity index (χ0) is 13.9. The summed E-state index contributed by atoms with van der Waals surface area (Å²) in [7, 11) is 0. The predicted octanol–water partition coefficient (Wildman–Crippen LogP) is 4.52. The van der Waals surface area contributed by atoms with Crippen LogP contribution in [0.25, 0.3) is 0 Å². The van der Waals surface area contributed by atoms with Crippen molar-refractivity contribution in [1.82, 2.24) is 4.98 Å². The summed E-state index contributed by atoms with van der Waals surface area (Å²) in [6, 6.07) is 5.13. The maximum atomic E-state index is 4.70. The van der Waals surface area contributed by atoms with Crippen LogP contribution in [0, 0.1) is 0 Å². The van der Waals surface area contributed by atoms with E-state index in [1.54, 1.807) is 0 Å². The Morgan fingerprint density at radius 3 is 2.74 bits per heavy atom. The lowest BCUT2D eigenvalue weighted by Gasteiger charge is -2.26. The number of hydrogen-bond donors (Lipinski definition) is 0. The Balaban J connectivity index is 2.08. The summed E-state index contributed by atoms with van der Waals surface area (Å²) < 4.78 is 0. The van der Waals surface area contributed by atoms with Crippen molar-refractivity contribution in [2.75, 3.05) is 16.8 Å². The third-order valence-corrected chi connectivity index (χ3v) is 4.52. The highest BCUT2D eigenvalue weighted by atomic mass is 79.9. The Morgan fingerprint density at radius 1 is 1.37 bits per heavy atom. The third kappa shape index (κ3) is 3.71. The number of pyridine rings is 1. The van der Waals surface area contributed by atoms with E-state index in [0.717, 1.165) is 17.7 Å². The van der Waals surface area contributed by atoms with Crippen molar-refractivity contribution in [3.63, 3.8) is 0 Å². The first-order valence-corrected chi connectivity index (χ1v) is 8.43. The van der Waals surface area contributed by atoms with E-state index in [1.807, 2.05) is 0 Å². The normalized spacial score (nSPS) is 20.0. The van der Waals surface area contributed by atoms with E-state index >= 15 is 0 Å². The van der Waals surface area contributed by atoms with Gasteiger partial charge in [-0.05, 0) is 42.7 Å². The number of nitrogens with zero attached hydrogens (tertiary/aromatic N) is 2. The van der Waals surface area contributed by atoms with Crippen LogP contribution in [0.15, 0.2) is 18.3 Å². The minimum absolute atomic E-state index is 0.186. The van der Waals surface area contributed by atoms with Gasteiger partial charge >= 0.3 is 0 Å². The van der Waals surface area contributed by atoms with Gasteiger partial charge < -0.3 is 4.90 Å². The number of anilines is 1. The number of hydrogen-bond acceptors (Lipinski definition) is 2. The number of aromatic nitrogens is 1. The fourth-order valence-corrected chi connectivity index (χ4v) is 3.07. The molecule has 0 aromatic carbocycles. The molecule has 1 saturated heterocycles. The molecule has 0 bridgehead atoms. The Labute approximate surface area is 125 Å². The molecule has 0 N–H and O–H groups in total. The van der Waals surface area contributed by atoms with E-state index in [9.17, 15) is 0 Å². The van der Waals surface area contributed by atoms with Crippen molar-refractivity contribution in [2.45, 2.75) is 57.9 Å². The Morgan fingerprint density at radius 2 is 2.16 bits per heavy atom. The zero-order valence-electron chi connectivity index (χ0n) is 12.3. The van der Waals surface area contributed by atoms with Crippen molar-refractivity contribution in [2.24, 2.45) is 0 Å². The Hall–Kier alpha value is -0.570. The van der Waals surface area contributed by atoms with E-state index in [-0.39, 0.29) is 5.41 Å². The van der Waals surface area contributed by atoms with E-state index < -0.39 is 0 Å². The lowest BCUT2D eigenvalue weighted by Crippen LogP contribution is -2.30. The summed E-state index contributed by atoms with van der Waals surface area (Å²) in [4.78, 5) is 7.19. The lowest BCUT2D eigenvalue weighted by atomic mass is 9.88. The zero-order valence-corrected chi connectivity index (χ0v) is 13.9. The van der Waals surface area contributed by atoms with Crippen LogP contribution in [-0.2, 0) is 5.41 Å². The molecule has 2 heterocycles. The predicted molar refractivity (Wildman–Crippen MR) is 86.3 cm³/mol. The largest absolute Gasteiger partial charge is 0.354 e. The average molecular weight is 325 g/mol. The van der Waals surface area contributed by atoms with Gasteiger partial charge in [0.2, 0.25) is 0 Å². The molecule has 1 atom stereocenters. The molecule has 19 heavy (non-hydrogen) atoms. The highest BCUT2D eigenvalue weighted by Gasteiger charge is 2.25. The summed E-state index contributed by atoms with van der Waals surface area (Å²) >= 11 is 3.53. The Bertz CT molecular complexity index is 394.